The van der Waals surface area contributed by atoms with Gasteiger partial charge in [-0.25, -0.2) is 0 Å². The molecule has 1 heterocycles. The van der Waals surface area contributed by atoms with Crippen LogP contribution in [-0.4, -0.2) is 24.3 Å². The van der Waals surface area contributed by atoms with Crippen molar-refractivity contribution in [2.75, 3.05) is 23.1 Å². The van der Waals surface area contributed by atoms with Crippen molar-refractivity contribution in [3.63, 3.8) is 0 Å². The standard InChI is InChI=1S/C20H18N2O2S3/c1-25-15-7-3-5-13(11-15)21-19(23)17-9-10-18(27-17)20(24)22-14-6-4-8-16(12-14)26-2/h3-12H,1-2H3,(H,21,23)(H,22,24). The van der Waals surface area contributed by atoms with Crippen molar-refractivity contribution in [3.05, 3.63) is 70.4 Å². The summed E-state index contributed by atoms with van der Waals surface area (Å²) in [5.41, 5.74) is 1.47. The number of carbonyl (C=O) groups excluding carboxylic acids is 2. The Morgan fingerprint density at radius 2 is 1.19 bits per heavy atom. The summed E-state index contributed by atoms with van der Waals surface area (Å²) < 4.78 is 0. The molecule has 0 fully saturated rings. The van der Waals surface area contributed by atoms with Gasteiger partial charge in [-0.05, 0) is 61.0 Å². The number of carbonyl (C=O) groups is 2. The Morgan fingerprint density at radius 3 is 1.59 bits per heavy atom. The smallest absolute Gasteiger partial charge is 0.265 e. The van der Waals surface area contributed by atoms with Crippen molar-refractivity contribution in [1.29, 1.82) is 0 Å². The fourth-order valence-electron chi connectivity index (χ4n) is 2.37. The van der Waals surface area contributed by atoms with E-state index < -0.39 is 0 Å². The van der Waals surface area contributed by atoms with Crippen molar-refractivity contribution in [2.45, 2.75) is 9.79 Å². The molecule has 3 aromatic rings. The van der Waals surface area contributed by atoms with E-state index in [2.05, 4.69) is 10.6 Å². The number of thiophene rings is 1. The highest BCUT2D eigenvalue weighted by Gasteiger charge is 2.14. The van der Waals surface area contributed by atoms with Gasteiger partial charge in [-0.15, -0.1) is 34.9 Å². The minimum atomic E-state index is -0.221. The number of amides is 2. The Bertz CT molecular complexity index is 893. The first kappa shape index (κ1) is 19.5. The average molecular weight is 415 g/mol. The molecule has 0 bridgehead atoms. The normalized spacial score (nSPS) is 10.4. The van der Waals surface area contributed by atoms with Crippen LogP contribution < -0.4 is 10.6 Å². The van der Waals surface area contributed by atoms with Gasteiger partial charge in [-0.1, -0.05) is 12.1 Å². The molecule has 0 spiro atoms. The zero-order valence-corrected chi connectivity index (χ0v) is 17.3. The maximum Gasteiger partial charge on any atom is 0.265 e. The zero-order valence-electron chi connectivity index (χ0n) is 14.8. The van der Waals surface area contributed by atoms with Crippen molar-refractivity contribution >= 4 is 58.0 Å². The number of anilines is 2. The minimum absolute atomic E-state index is 0.221. The van der Waals surface area contributed by atoms with Gasteiger partial charge >= 0.3 is 0 Å². The summed E-state index contributed by atoms with van der Waals surface area (Å²) in [5, 5.41) is 5.75. The molecular weight excluding hydrogens is 396 g/mol. The number of thioether (sulfide) groups is 2. The predicted octanol–water partition coefficient (Wildman–Crippen LogP) is 5.70. The molecule has 2 amide bonds. The Balaban J connectivity index is 1.67. The molecule has 1 aromatic heterocycles. The summed E-state index contributed by atoms with van der Waals surface area (Å²) in [4.78, 5) is 28.0. The van der Waals surface area contributed by atoms with Gasteiger partial charge in [0.05, 0.1) is 9.75 Å². The number of nitrogens with one attached hydrogen (secondary N) is 2. The van der Waals surface area contributed by atoms with Crippen LogP contribution in [0.2, 0.25) is 0 Å². The second-order valence-corrected chi connectivity index (χ2v) is 8.38. The van der Waals surface area contributed by atoms with Crippen LogP contribution >= 0.6 is 34.9 Å². The quantitative estimate of drug-likeness (QED) is 0.508. The second-order valence-electron chi connectivity index (χ2n) is 5.54. The SMILES string of the molecule is CSc1cccc(NC(=O)c2ccc(C(=O)Nc3cccc(SC)c3)s2)c1. The minimum Gasteiger partial charge on any atom is -0.321 e. The van der Waals surface area contributed by atoms with Gasteiger partial charge in [0.2, 0.25) is 0 Å². The molecule has 0 unspecified atom stereocenters. The van der Waals surface area contributed by atoms with Crippen molar-refractivity contribution in [3.8, 4) is 0 Å². The summed E-state index contributed by atoms with van der Waals surface area (Å²) >= 11 is 4.40. The number of hydrogen-bond acceptors (Lipinski definition) is 5. The first-order valence-electron chi connectivity index (χ1n) is 8.09. The number of rotatable bonds is 6. The molecule has 3 rings (SSSR count). The third kappa shape index (κ3) is 5.15. The Kier molecular flexibility index (Phi) is 6.60. The monoisotopic (exact) mass is 414 g/mol. The largest absolute Gasteiger partial charge is 0.321 e. The van der Waals surface area contributed by atoms with E-state index in [9.17, 15) is 9.59 Å². The lowest BCUT2D eigenvalue weighted by Gasteiger charge is -2.05. The van der Waals surface area contributed by atoms with Crippen molar-refractivity contribution in [1.82, 2.24) is 0 Å². The summed E-state index contributed by atoms with van der Waals surface area (Å²) in [7, 11) is 0. The van der Waals surface area contributed by atoms with Crippen LogP contribution in [0.4, 0.5) is 11.4 Å². The summed E-state index contributed by atoms with van der Waals surface area (Å²) in [5.74, 6) is -0.441. The molecule has 0 aliphatic rings. The molecule has 0 aliphatic carbocycles. The summed E-state index contributed by atoms with van der Waals surface area (Å²) in [6.45, 7) is 0. The summed E-state index contributed by atoms with van der Waals surface area (Å²) in [6.07, 6.45) is 3.97. The molecule has 0 aliphatic heterocycles. The second kappa shape index (κ2) is 9.12. The fourth-order valence-corrected chi connectivity index (χ4v) is 4.08. The lowest BCUT2D eigenvalue weighted by Crippen LogP contribution is -2.11. The number of benzene rings is 2. The highest BCUT2D eigenvalue weighted by atomic mass is 32.2. The molecule has 7 heteroatoms. The van der Waals surface area contributed by atoms with Crippen LogP contribution in [0.25, 0.3) is 0 Å². The van der Waals surface area contributed by atoms with Gasteiger partial charge < -0.3 is 10.6 Å². The van der Waals surface area contributed by atoms with E-state index >= 15 is 0 Å². The maximum absolute atomic E-state index is 12.4. The van der Waals surface area contributed by atoms with Gasteiger partial charge in [0.25, 0.3) is 11.8 Å². The Morgan fingerprint density at radius 1 is 0.741 bits per heavy atom. The van der Waals surface area contributed by atoms with Gasteiger partial charge in [0.1, 0.15) is 0 Å². The Labute approximate surface area is 170 Å². The molecule has 4 nitrogen and oxygen atoms in total. The van der Waals surface area contributed by atoms with Gasteiger partial charge in [0, 0.05) is 21.2 Å². The lowest BCUT2D eigenvalue weighted by atomic mass is 10.3. The van der Waals surface area contributed by atoms with Crippen LogP contribution in [-0.2, 0) is 0 Å². The van der Waals surface area contributed by atoms with Crippen molar-refractivity contribution in [2.24, 2.45) is 0 Å². The van der Waals surface area contributed by atoms with Crippen LogP contribution in [0.15, 0.2) is 70.5 Å². The first-order chi connectivity index (χ1) is 13.1. The van der Waals surface area contributed by atoms with Crippen molar-refractivity contribution < 1.29 is 9.59 Å². The fraction of sp³-hybridized carbons (Fsp3) is 0.100. The molecule has 2 N–H and O–H groups in total. The zero-order chi connectivity index (χ0) is 19.2. The Hall–Kier alpha value is -2.22. The third-order valence-electron chi connectivity index (χ3n) is 3.71. The van der Waals surface area contributed by atoms with E-state index in [0.29, 0.717) is 9.75 Å². The van der Waals surface area contributed by atoms with Gasteiger partial charge in [0.15, 0.2) is 0 Å². The predicted molar refractivity (Wildman–Crippen MR) is 117 cm³/mol. The van der Waals surface area contributed by atoms with Gasteiger partial charge in [-0.2, -0.15) is 0 Å². The molecule has 0 saturated carbocycles. The topological polar surface area (TPSA) is 58.2 Å². The van der Waals surface area contributed by atoms with Crippen LogP contribution in [0.5, 0.6) is 0 Å². The van der Waals surface area contributed by atoms with Crippen LogP contribution in [0, 0.1) is 0 Å². The average Bonchev–Trinajstić information content (AvgIpc) is 3.19. The van der Waals surface area contributed by atoms with E-state index in [1.54, 1.807) is 35.7 Å². The molecule has 138 valence electrons. The van der Waals surface area contributed by atoms with E-state index in [4.69, 9.17) is 0 Å². The highest BCUT2D eigenvalue weighted by Crippen LogP contribution is 2.23. The molecular formula is C20H18N2O2S3. The molecule has 27 heavy (non-hydrogen) atoms. The summed E-state index contributed by atoms with van der Waals surface area (Å²) in [6, 6.07) is 18.6. The molecule has 0 saturated heterocycles. The van der Waals surface area contributed by atoms with E-state index in [1.807, 2.05) is 61.0 Å². The molecule has 2 aromatic carbocycles. The van der Waals surface area contributed by atoms with Gasteiger partial charge in [-0.3, -0.25) is 9.59 Å². The molecule has 0 radical (unpaired) electrons. The van der Waals surface area contributed by atoms with E-state index in [1.165, 1.54) is 11.3 Å². The maximum atomic E-state index is 12.4. The first-order valence-corrected chi connectivity index (χ1v) is 11.4. The molecule has 0 atom stereocenters. The third-order valence-corrected chi connectivity index (χ3v) is 6.24. The van der Waals surface area contributed by atoms with Crippen LogP contribution in [0.1, 0.15) is 19.3 Å². The lowest BCUT2D eigenvalue weighted by molar-refractivity contribution is 0.102. The van der Waals surface area contributed by atoms with Crippen LogP contribution in [0.3, 0.4) is 0 Å². The van der Waals surface area contributed by atoms with E-state index in [0.717, 1.165) is 21.2 Å². The number of hydrogen-bond donors (Lipinski definition) is 2. The highest BCUT2D eigenvalue weighted by molar-refractivity contribution is 7.98. The van der Waals surface area contributed by atoms with E-state index in [-0.39, 0.29) is 11.8 Å².